The van der Waals surface area contributed by atoms with Crippen LogP contribution < -0.4 is 10.6 Å². The Hall–Kier alpha value is -2.84. The van der Waals surface area contributed by atoms with Gasteiger partial charge in [0.05, 0.1) is 0 Å². The van der Waals surface area contributed by atoms with Crippen molar-refractivity contribution in [3.05, 3.63) is 71.8 Å². The van der Waals surface area contributed by atoms with E-state index >= 15 is 0 Å². The number of rotatable bonds is 10. The Morgan fingerprint density at radius 2 is 1.59 bits per heavy atom. The number of aliphatic hydroxyl groups is 1. The van der Waals surface area contributed by atoms with Crippen LogP contribution in [0.1, 0.15) is 42.7 Å². The Balaban J connectivity index is 1.95. The van der Waals surface area contributed by atoms with E-state index in [-0.39, 0.29) is 12.5 Å². The molecule has 0 heterocycles. The molecule has 27 heavy (non-hydrogen) atoms. The standard InChI is InChI=1S/C22H28N4O/c23-18-26-22(24-15-8-3-9-17-27)25-16-14-21(19-10-4-1-5-11-19)20-12-6-2-7-13-20/h1-2,4-7,10-13,21,27H,3,8-9,14-17H2,(H2,24,25,26). The maximum Gasteiger partial charge on any atom is 0.204 e. The molecule has 0 radical (unpaired) electrons. The van der Waals surface area contributed by atoms with Crippen LogP contribution in [0.3, 0.4) is 0 Å². The summed E-state index contributed by atoms with van der Waals surface area (Å²) in [5.41, 5.74) is 2.56. The number of aliphatic hydroxyl groups excluding tert-OH is 1. The Labute approximate surface area is 161 Å². The van der Waals surface area contributed by atoms with Gasteiger partial charge in [-0.2, -0.15) is 5.26 Å². The predicted molar refractivity (Wildman–Crippen MR) is 109 cm³/mol. The van der Waals surface area contributed by atoms with E-state index in [2.05, 4.69) is 64.2 Å². The van der Waals surface area contributed by atoms with Crippen LogP contribution in [0.15, 0.2) is 65.7 Å². The van der Waals surface area contributed by atoms with Gasteiger partial charge in [-0.15, -0.1) is 0 Å². The van der Waals surface area contributed by atoms with Crippen LogP contribution in [-0.4, -0.2) is 30.8 Å². The Morgan fingerprint density at radius 3 is 2.15 bits per heavy atom. The van der Waals surface area contributed by atoms with E-state index in [1.54, 1.807) is 0 Å². The largest absolute Gasteiger partial charge is 0.396 e. The molecule has 0 atom stereocenters. The minimum Gasteiger partial charge on any atom is -0.396 e. The molecule has 0 amide bonds. The first-order valence-electron chi connectivity index (χ1n) is 9.49. The number of hydrogen-bond donors (Lipinski definition) is 3. The zero-order valence-corrected chi connectivity index (χ0v) is 15.6. The van der Waals surface area contributed by atoms with Gasteiger partial charge in [0, 0.05) is 25.6 Å². The lowest BCUT2D eigenvalue weighted by atomic mass is 9.88. The molecule has 0 aliphatic heterocycles. The topological polar surface area (TPSA) is 80.4 Å². The van der Waals surface area contributed by atoms with E-state index < -0.39 is 0 Å². The van der Waals surface area contributed by atoms with Crippen LogP contribution >= 0.6 is 0 Å². The summed E-state index contributed by atoms with van der Waals surface area (Å²) in [4.78, 5) is 4.42. The monoisotopic (exact) mass is 364 g/mol. The fourth-order valence-corrected chi connectivity index (χ4v) is 3.02. The molecule has 0 unspecified atom stereocenters. The molecule has 0 aromatic heterocycles. The summed E-state index contributed by atoms with van der Waals surface area (Å²) < 4.78 is 0. The molecule has 0 saturated carbocycles. The normalized spacial score (nSPS) is 11.2. The van der Waals surface area contributed by atoms with Crippen molar-refractivity contribution in [2.75, 3.05) is 19.7 Å². The quantitative estimate of drug-likeness (QED) is 0.198. The highest BCUT2D eigenvalue weighted by molar-refractivity contribution is 5.81. The highest BCUT2D eigenvalue weighted by Gasteiger charge is 2.13. The van der Waals surface area contributed by atoms with Gasteiger partial charge >= 0.3 is 0 Å². The summed E-state index contributed by atoms with van der Waals surface area (Å²) in [7, 11) is 0. The molecule has 0 fully saturated rings. The van der Waals surface area contributed by atoms with Crippen molar-refractivity contribution < 1.29 is 5.11 Å². The summed E-state index contributed by atoms with van der Waals surface area (Å²) in [5, 5.41) is 23.6. The van der Waals surface area contributed by atoms with Crippen LogP contribution in [-0.2, 0) is 0 Å². The van der Waals surface area contributed by atoms with E-state index in [9.17, 15) is 0 Å². The van der Waals surface area contributed by atoms with Gasteiger partial charge in [-0.1, -0.05) is 60.7 Å². The maximum absolute atomic E-state index is 8.93. The molecule has 2 rings (SSSR count). The van der Waals surface area contributed by atoms with Crippen molar-refractivity contribution in [3.63, 3.8) is 0 Å². The molecule has 0 aliphatic rings. The second kappa shape index (κ2) is 12.5. The van der Waals surface area contributed by atoms with E-state index in [1.165, 1.54) is 11.1 Å². The van der Waals surface area contributed by atoms with Crippen LogP contribution in [0.5, 0.6) is 0 Å². The summed E-state index contributed by atoms with van der Waals surface area (Å²) in [6.45, 7) is 1.56. The Bertz CT molecular complexity index is 671. The fourth-order valence-electron chi connectivity index (χ4n) is 3.02. The minimum atomic E-state index is 0.214. The molecule has 0 saturated heterocycles. The van der Waals surface area contributed by atoms with Gasteiger partial charge < -0.3 is 10.4 Å². The average molecular weight is 364 g/mol. The van der Waals surface area contributed by atoms with Gasteiger partial charge in [-0.3, -0.25) is 10.3 Å². The van der Waals surface area contributed by atoms with Gasteiger partial charge in [0.1, 0.15) is 0 Å². The van der Waals surface area contributed by atoms with Crippen molar-refractivity contribution in [2.45, 2.75) is 31.6 Å². The SMILES string of the molecule is N#CNC(=NCCCCCO)NCCC(c1ccccc1)c1ccccc1. The van der Waals surface area contributed by atoms with Crippen molar-refractivity contribution in [2.24, 2.45) is 4.99 Å². The van der Waals surface area contributed by atoms with Crippen molar-refractivity contribution in [1.29, 1.82) is 5.26 Å². The number of hydrogen-bond acceptors (Lipinski definition) is 3. The van der Waals surface area contributed by atoms with E-state index in [0.717, 1.165) is 25.7 Å². The van der Waals surface area contributed by atoms with Crippen LogP contribution in [0.4, 0.5) is 0 Å². The van der Waals surface area contributed by atoms with Crippen molar-refractivity contribution >= 4 is 5.96 Å². The van der Waals surface area contributed by atoms with Gasteiger partial charge in [0.25, 0.3) is 0 Å². The molecule has 0 aliphatic carbocycles. The maximum atomic E-state index is 8.93. The summed E-state index contributed by atoms with van der Waals surface area (Å²) >= 11 is 0. The average Bonchev–Trinajstić information content (AvgIpc) is 2.72. The smallest absolute Gasteiger partial charge is 0.204 e. The molecule has 3 N–H and O–H groups in total. The second-order valence-electron chi connectivity index (χ2n) is 6.34. The van der Waals surface area contributed by atoms with Gasteiger partial charge in [-0.05, 0) is 36.8 Å². The third-order valence-electron chi connectivity index (χ3n) is 4.39. The number of benzene rings is 2. The molecular weight excluding hydrogens is 336 g/mol. The Kier molecular flexibility index (Phi) is 9.48. The first kappa shape index (κ1) is 20.5. The number of aliphatic imine (C=N–C) groups is 1. The highest BCUT2D eigenvalue weighted by atomic mass is 16.2. The minimum absolute atomic E-state index is 0.214. The van der Waals surface area contributed by atoms with E-state index in [1.807, 2.05) is 18.3 Å². The molecule has 0 bridgehead atoms. The fraction of sp³-hybridized carbons (Fsp3) is 0.364. The van der Waals surface area contributed by atoms with Gasteiger partial charge in [0.2, 0.25) is 5.96 Å². The lowest BCUT2D eigenvalue weighted by Crippen LogP contribution is -2.35. The lowest BCUT2D eigenvalue weighted by molar-refractivity contribution is 0.283. The first-order chi connectivity index (χ1) is 13.3. The molecule has 2 aromatic rings. The number of guanidine groups is 1. The lowest BCUT2D eigenvalue weighted by Gasteiger charge is -2.19. The number of unbranched alkanes of at least 4 members (excludes halogenated alkanes) is 2. The summed E-state index contributed by atoms with van der Waals surface area (Å²) in [6, 6.07) is 20.9. The first-order valence-corrected chi connectivity index (χ1v) is 9.49. The molecule has 5 heteroatoms. The number of nitriles is 1. The molecule has 5 nitrogen and oxygen atoms in total. The highest BCUT2D eigenvalue weighted by Crippen LogP contribution is 2.27. The van der Waals surface area contributed by atoms with Crippen LogP contribution in [0.25, 0.3) is 0 Å². The predicted octanol–water partition coefficient (Wildman–Crippen LogP) is 3.39. The van der Waals surface area contributed by atoms with E-state index in [4.69, 9.17) is 10.4 Å². The third kappa shape index (κ3) is 7.51. The molecule has 142 valence electrons. The second-order valence-corrected chi connectivity index (χ2v) is 6.34. The number of nitrogens with zero attached hydrogens (tertiary/aromatic N) is 2. The number of nitrogens with one attached hydrogen (secondary N) is 2. The summed E-state index contributed by atoms with van der Waals surface area (Å²) in [6.07, 6.45) is 5.46. The van der Waals surface area contributed by atoms with Crippen LogP contribution in [0, 0.1) is 11.5 Å². The zero-order valence-electron chi connectivity index (χ0n) is 15.6. The molecular formula is C22H28N4O. The third-order valence-corrected chi connectivity index (χ3v) is 4.39. The van der Waals surface area contributed by atoms with Gasteiger partial charge in [0.15, 0.2) is 6.19 Å². The molecule has 0 spiro atoms. The van der Waals surface area contributed by atoms with E-state index in [0.29, 0.717) is 19.0 Å². The van der Waals surface area contributed by atoms with Crippen molar-refractivity contribution in [1.82, 2.24) is 10.6 Å². The summed E-state index contributed by atoms with van der Waals surface area (Å²) in [5.74, 6) is 0.800. The molecule has 2 aromatic carbocycles. The Morgan fingerprint density at radius 1 is 0.963 bits per heavy atom. The zero-order chi connectivity index (χ0) is 19.2. The van der Waals surface area contributed by atoms with Crippen molar-refractivity contribution in [3.8, 4) is 6.19 Å². The van der Waals surface area contributed by atoms with Crippen LogP contribution in [0.2, 0.25) is 0 Å². The van der Waals surface area contributed by atoms with Gasteiger partial charge in [-0.25, -0.2) is 0 Å².